The van der Waals surface area contributed by atoms with E-state index in [1.54, 1.807) is 6.92 Å². The van der Waals surface area contributed by atoms with Crippen molar-refractivity contribution >= 4 is 17.1 Å². The van der Waals surface area contributed by atoms with Crippen LogP contribution in [0.3, 0.4) is 0 Å². The van der Waals surface area contributed by atoms with E-state index >= 15 is 0 Å². The summed E-state index contributed by atoms with van der Waals surface area (Å²) in [5.74, 6) is 0.176. The standard InChI is InChI=1S/C20H17N3O3/c1-3-25-20(24)18-12(2)17(22-23-18)13-8-10-14(11-9-13)19-21-15-6-4-5-7-16(15)26-19/h4-11H,3H2,1-2H3,(H,22,23). The lowest BCUT2D eigenvalue weighted by molar-refractivity contribution is 0.0518. The molecule has 130 valence electrons. The number of esters is 1. The van der Waals surface area contributed by atoms with Gasteiger partial charge < -0.3 is 9.15 Å². The van der Waals surface area contributed by atoms with E-state index in [2.05, 4.69) is 15.2 Å². The summed E-state index contributed by atoms with van der Waals surface area (Å²) in [4.78, 5) is 16.4. The summed E-state index contributed by atoms with van der Waals surface area (Å²) in [6.45, 7) is 3.95. The molecule has 0 aliphatic carbocycles. The minimum atomic E-state index is -0.396. The van der Waals surface area contributed by atoms with Crippen LogP contribution in [0.5, 0.6) is 0 Å². The first-order chi connectivity index (χ1) is 12.7. The number of hydrogen-bond donors (Lipinski definition) is 1. The van der Waals surface area contributed by atoms with Gasteiger partial charge in [0, 0.05) is 16.7 Å². The van der Waals surface area contributed by atoms with Crippen molar-refractivity contribution < 1.29 is 13.9 Å². The molecule has 0 bridgehead atoms. The van der Waals surface area contributed by atoms with E-state index in [1.807, 2.05) is 55.5 Å². The smallest absolute Gasteiger partial charge is 0.356 e. The number of carbonyl (C=O) groups excluding carboxylic acids is 1. The van der Waals surface area contributed by atoms with Crippen LogP contribution in [-0.2, 0) is 4.74 Å². The van der Waals surface area contributed by atoms with Gasteiger partial charge >= 0.3 is 5.97 Å². The van der Waals surface area contributed by atoms with Gasteiger partial charge in [0.05, 0.1) is 12.3 Å². The second-order valence-electron chi connectivity index (χ2n) is 5.86. The summed E-state index contributed by atoms with van der Waals surface area (Å²) >= 11 is 0. The number of benzene rings is 2. The van der Waals surface area contributed by atoms with Crippen molar-refractivity contribution in [1.29, 1.82) is 0 Å². The molecule has 4 aromatic rings. The van der Waals surface area contributed by atoms with Crippen molar-refractivity contribution in [3.05, 3.63) is 59.8 Å². The molecule has 0 aliphatic heterocycles. The van der Waals surface area contributed by atoms with E-state index in [-0.39, 0.29) is 0 Å². The third kappa shape index (κ3) is 2.75. The number of carbonyl (C=O) groups is 1. The summed E-state index contributed by atoms with van der Waals surface area (Å²) in [7, 11) is 0. The molecule has 0 amide bonds. The van der Waals surface area contributed by atoms with Crippen molar-refractivity contribution in [1.82, 2.24) is 15.2 Å². The predicted molar refractivity (Wildman–Crippen MR) is 97.7 cm³/mol. The monoisotopic (exact) mass is 347 g/mol. The fraction of sp³-hybridized carbons (Fsp3) is 0.150. The van der Waals surface area contributed by atoms with Gasteiger partial charge in [0.2, 0.25) is 5.89 Å². The highest BCUT2D eigenvalue weighted by Gasteiger charge is 2.18. The first kappa shape index (κ1) is 16.1. The number of nitrogens with one attached hydrogen (secondary N) is 1. The quantitative estimate of drug-likeness (QED) is 0.554. The van der Waals surface area contributed by atoms with Gasteiger partial charge in [-0.05, 0) is 38.1 Å². The third-order valence-corrected chi connectivity index (χ3v) is 4.19. The molecular weight excluding hydrogens is 330 g/mol. The van der Waals surface area contributed by atoms with Gasteiger partial charge in [-0.25, -0.2) is 9.78 Å². The maximum atomic E-state index is 11.9. The van der Waals surface area contributed by atoms with Crippen LogP contribution in [0.15, 0.2) is 52.9 Å². The topological polar surface area (TPSA) is 81.0 Å². The van der Waals surface area contributed by atoms with E-state index in [0.29, 0.717) is 18.2 Å². The molecule has 0 unspecified atom stereocenters. The van der Waals surface area contributed by atoms with Gasteiger partial charge in [-0.2, -0.15) is 5.10 Å². The zero-order valence-electron chi connectivity index (χ0n) is 14.4. The molecule has 0 spiro atoms. The minimum Gasteiger partial charge on any atom is -0.461 e. The van der Waals surface area contributed by atoms with Gasteiger partial charge in [-0.1, -0.05) is 24.3 Å². The summed E-state index contributed by atoms with van der Waals surface area (Å²) in [6.07, 6.45) is 0. The molecule has 4 rings (SSSR count). The van der Waals surface area contributed by atoms with Gasteiger partial charge in [-0.3, -0.25) is 5.10 Å². The molecule has 6 nitrogen and oxygen atoms in total. The SMILES string of the molecule is CCOC(=O)c1[nH]nc(-c2ccc(-c3nc4ccccc4o3)cc2)c1C. The first-order valence-electron chi connectivity index (χ1n) is 8.36. The fourth-order valence-corrected chi connectivity index (χ4v) is 2.85. The average molecular weight is 347 g/mol. The third-order valence-electron chi connectivity index (χ3n) is 4.19. The highest BCUT2D eigenvalue weighted by atomic mass is 16.5. The Kier molecular flexibility index (Phi) is 4.01. The van der Waals surface area contributed by atoms with Gasteiger partial charge in [0.1, 0.15) is 11.2 Å². The van der Waals surface area contributed by atoms with Crippen molar-refractivity contribution in [2.45, 2.75) is 13.8 Å². The number of nitrogens with zero attached hydrogens (tertiary/aromatic N) is 2. The number of aromatic nitrogens is 3. The zero-order valence-corrected chi connectivity index (χ0v) is 14.4. The lowest BCUT2D eigenvalue weighted by atomic mass is 10.1. The highest BCUT2D eigenvalue weighted by Crippen LogP contribution is 2.28. The summed E-state index contributed by atoms with van der Waals surface area (Å²) < 4.78 is 10.8. The Morgan fingerprint density at radius 3 is 2.58 bits per heavy atom. The minimum absolute atomic E-state index is 0.325. The summed E-state index contributed by atoms with van der Waals surface area (Å²) in [6, 6.07) is 15.4. The van der Waals surface area contributed by atoms with E-state index in [1.165, 1.54) is 0 Å². The van der Waals surface area contributed by atoms with Crippen LogP contribution in [0.4, 0.5) is 0 Å². The first-order valence-corrected chi connectivity index (χ1v) is 8.36. The molecule has 2 aromatic heterocycles. The Morgan fingerprint density at radius 1 is 1.12 bits per heavy atom. The van der Waals surface area contributed by atoms with E-state index in [9.17, 15) is 4.79 Å². The number of fused-ring (bicyclic) bond motifs is 1. The molecule has 0 fully saturated rings. The average Bonchev–Trinajstić information content (AvgIpc) is 3.25. The molecule has 1 N–H and O–H groups in total. The molecule has 6 heteroatoms. The van der Waals surface area contributed by atoms with Crippen molar-refractivity contribution in [3.8, 4) is 22.7 Å². The van der Waals surface area contributed by atoms with E-state index < -0.39 is 5.97 Å². The Balaban J connectivity index is 1.65. The molecule has 0 aliphatic rings. The molecule has 0 atom stereocenters. The van der Waals surface area contributed by atoms with Crippen LogP contribution in [0, 0.1) is 6.92 Å². The maximum absolute atomic E-state index is 11.9. The van der Waals surface area contributed by atoms with Gasteiger partial charge in [-0.15, -0.1) is 0 Å². The van der Waals surface area contributed by atoms with Crippen LogP contribution < -0.4 is 0 Å². The number of ether oxygens (including phenoxy) is 1. The number of aromatic amines is 1. The fourth-order valence-electron chi connectivity index (χ4n) is 2.85. The van der Waals surface area contributed by atoms with Gasteiger partial charge in [0.15, 0.2) is 5.58 Å². The second-order valence-corrected chi connectivity index (χ2v) is 5.86. The Hall–Kier alpha value is -3.41. The van der Waals surface area contributed by atoms with Crippen LogP contribution in [0.25, 0.3) is 33.8 Å². The van der Waals surface area contributed by atoms with Crippen molar-refractivity contribution in [2.24, 2.45) is 0 Å². The normalized spacial score (nSPS) is 11.0. The van der Waals surface area contributed by atoms with Crippen LogP contribution in [-0.4, -0.2) is 27.8 Å². The number of rotatable bonds is 4. The Morgan fingerprint density at radius 2 is 1.85 bits per heavy atom. The van der Waals surface area contributed by atoms with Crippen LogP contribution in [0.2, 0.25) is 0 Å². The van der Waals surface area contributed by atoms with Crippen LogP contribution in [0.1, 0.15) is 23.0 Å². The van der Waals surface area contributed by atoms with E-state index in [4.69, 9.17) is 9.15 Å². The Bertz CT molecular complexity index is 1040. The lowest BCUT2D eigenvalue weighted by Crippen LogP contribution is -2.06. The van der Waals surface area contributed by atoms with Crippen molar-refractivity contribution in [2.75, 3.05) is 6.61 Å². The molecule has 2 aromatic carbocycles. The lowest BCUT2D eigenvalue weighted by Gasteiger charge is -2.02. The number of H-pyrrole nitrogens is 1. The van der Waals surface area contributed by atoms with Gasteiger partial charge in [0.25, 0.3) is 0 Å². The number of para-hydroxylation sites is 2. The molecule has 0 saturated carbocycles. The second kappa shape index (κ2) is 6.48. The van der Waals surface area contributed by atoms with E-state index in [0.717, 1.165) is 33.5 Å². The summed E-state index contributed by atoms with van der Waals surface area (Å²) in [5, 5.41) is 7.03. The zero-order chi connectivity index (χ0) is 18.1. The highest BCUT2D eigenvalue weighted by molar-refractivity contribution is 5.91. The molecule has 26 heavy (non-hydrogen) atoms. The predicted octanol–water partition coefficient (Wildman–Crippen LogP) is 4.37. The molecular formula is C20H17N3O3. The van der Waals surface area contributed by atoms with Crippen LogP contribution >= 0.6 is 0 Å². The molecule has 0 radical (unpaired) electrons. The number of hydrogen-bond acceptors (Lipinski definition) is 5. The largest absolute Gasteiger partial charge is 0.461 e. The number of oxazole rings is 1. The molecule has 2 heterocycles. The maximum Gasteiger partial charge on any atom is 0.356 e. The molecule has 0 saturated heterocycles. The van der Waals surface area contributed by atoms with Crippen molar-refractivity contribution in [3.63, 3.8) is 0 Å². The summed E-state index contributed by atoms with van der Waals surface area (Å²) in [5.41, 5.74) is 5.22. The Labute approximate surface area is 149 Å².